The first-order valence-corrected chi connectivity index (χ1v) is 8.67. The standard InChI is InChI=1S/C17H31NO2/c1-3-16(2,18-10-4-5-11-18)15(19)14-7-12-20-17(13-14)8-6-9-17/h14-15,19H,3-13H2,1-2H3. The monoisotopic (exact) mass is 281 g/mol. The Morgan fingerprint density at radius 2 is 2.00 bits per heavy atom. The van der Waals surface area contributed by atoms with Gasteiger partial charge >= 0.3 is 0 Å². The minimum atomic E-state index is -0.202. The van der Waals surface area contributed by atoms with E-state index in [1.807, 2.05) is 0 Å². The zero-order valence-electron chi connectivity index (χ0n) is 13.2. The molecule has 0 aromatic heterocycles. The summed E-state index contributed by atoms with van der Waals surface area (Å²) in [5, 5.41) is 11.1. The molecule has 3 nitrogen and oxygen atoms in total. The number of rotatable bonds is 4. The van der Waals surface area contributed by atoms with Crippen LogP contribution in [0.5, 0.6) is 0 Å². The lowest BCUT2D eigenvalue weighted by atomic mass is 9.68. The minimum Gasteiger partial charge on any atom is -0.391 e. The maximum atomic E-state index is 11.1. The molecule has 0 radical (unpaired) electrons. The van der Waals surface area contributed by atoms with Crippen LogP contribution in [0.1, 0.15) is 65.2 Å². The fourth-order valence-electron chi connectivity index (χ4n) is 4.61. The van der Waals surface area contributed by atoms with Gasteiger partial charge in [-0.1, -0.05) is 6.92 Å². The van der Waals surface area contributed by atoms with Crippen LogP contribution in [0.4, 0.5) is 0 Å². The Labute approximate surface area is 123 Å². The fourth-order valence-corrected chi connectivity index (χ4v) is 4.61. The number of hydrogen-bond acceptors (Lipinski definition) is 3. The van der Waals surface area contributed by atoms with Crippen molar-refractivity contribution in [3.8, 4) is 0 Å². The maximum Gasteiger partial charge on any atom is 0.0751 e. The molecule has 1 spiro atoms. The Hall–Kier alpha value is -0.120. The molecule has 1 N–H and O–H groups in total. The van der Waals surface area contributed by atoms with Gasteiger partial charge in [-0.3, -0.25) is 4.90 Å². The van der Waals surface area contributed by atoms with Crippen LogP contribution in [0, 0.1) is 5.92 Å². The van der Waals surface area contributed by atoms with Crippen LogP contribution in [0.25, 0.3) is 0 Å². The van der Waals surface area contributed by atoms with Gasteiger partial charge in [0, 0.05) is 12.1 Å². The van der Waals surface area contributed by atoms with Crippen LogP contribution in [-0.2, 0) is 4.74 Å². The van der Waals surface area contributed by atoms with Gasteiger partial charge < -0.3 is 9.84 Å². The van der Waals surface area contributed by atoms with Gasteiger partial charge in [0.05, 0.1) is 11.7 Å². The molecule has 3 atom stereocenters. The third-order valence-corrected chi connectivity index (χ3v) is 6.42. The van der Waals surface area contributed by atoms with E-state index in [0.29, 0.717) is 5.92 Å². The number of aliphatic hydroxyl groups is 1. The molecule has 3 unspecified atom stereocenters. The van der Waals surface area contributed by atoms with Gasteiger partial charge in [-0.05, 0) is 77.3 Å². The molecule has 0 bridgehead atoms. The average Bonchev–Trinajstić information content (AvgIpc) is 2.99. The van der Waals surface area contributed by atoms with E-state index < -0.39 is 0 Å². The number of aliphatic hydroxyl groups excluding tert-OH is 1. The topological polar surface area (TPSA) is 32.7 Å². The van der Waals surface area contributed by atoms with E-state index in [-0.39, 0.29) is 17.2 Å². The zero-order valence-corrected chi connectivity index (χ0v) is 13.2. The van der Waals surface area contributed by atoms with Crippen molar-refractivity contribution < 1.29 is 9.84 Å². The van der Waals surface area contributed by atoms with Crippen molar-refractivity contribution in [1.29, 1.82) is 0 Å². The molecule has 3 rings (SSSR count). The quantitative estimate of drug-likeness (QED) is 0.860. The number of hydrogen-bond donors (Lipinski definition) is 1. The highest BCUT2D eigenvalue weighted by molar-refractivity contribution is 5.02. The van der Waals surface area contributed by atoms with E-state index in [1.165, 1.54) is 32.1 Å². The van der Waals surface area contributed by atoms with Gasteiger partial charge in [0.1, 0.15) is 0 Å². The Balaban J connectivity index is 1.70. The molecule has 3 heteroatoms. The Morgan fingerprint density at radius 1 is 1.30 bits per heavy atom. The molecule has 20 heavy (non-hydrogen) atoms. The first kappa shape index (κ1) is 14.8. The molecular weight excluding hydrogens is 250 g/mol. The Morgan fingerprint density at radius 3 is 2.55 bits per heavy atom. The second-order valence-electron chi connectivity index (χ2n) is 7.49. The predicted octanol–water partition coefficient (Wildman–Crippen LogP) is 2.96. The second-order valence-corrected chi connectivity index (χ2v) is 7.49. The van der Waals surface area contributed by atoms with Gasteiger partial charge in [-0.15, -0.1) is 0 Å². The third kappa shape index (κ3) is 2.42. The molecule has 2 saturated heterocycles. The lowest BCUT2D eigenvalue weighted by Crippen LogP contribution is -2.58. The van der Waals surface area contributed by atoms with E-state index in [2.05, 4.69) is 18.7 Å². The normalized spacial score (nSPS) is 34.6. The molecule has 116 valence electrons. The molecule has 2 aliphatic heterocycles. The summed E-state index contributed by atoms with van der Waals surface area (Å²) in [4.78, 5) is 2.54. The maximum absolute atomic E-state index is 11.1. The van der Waals surface area contributed by atoms with Gasteiger partial charge in [0.2, 0.25) is 0 Å². The molecule has 0 aromatic carbocycles. The largest absolute Gasteiger partial charge is 0.391 e. The summed E-state index contributed by atoms with van der Waals surface area (Å²) in [6.45, 7) is 7.69. The fraction of sp³-hybridized carbons (Fsp3) is 1.00. The smallest absolute Gasteiger partial charge is 0.0751 e. The van der Waals surface area contributed by atoms with E-state index in [4.69, 9.17) is 4.74 Å². The van der Waals surface area contributed by atoms with Crippen LogP contribution in [0.3, 0.4) is 0 Å². The number of nitrogens with zero attached hydrogens (tertiary/aromatic N) is 1. The summed E-state index contributed by atoms with van der Waals surface area (Å²) in [5.74, 6) is 0.426. The van der Waals surface area contributed by atoms with Crippen molar-refractivity contribution in [2.75, 3.05) is 19.7 Å². The SMILES string of the molecule is CCC(C)(C(O)C1CCOC2(CCC2)C1)N1CCCC1. The summed E-state index contributed by atoms with van der Waals surface area (Å²) in [5.41, 5.74) is 0.104. The Bertz CT molecular complexity index is 336. The Kier molecular flexibility index (Phi) is 4.13. The highest BCUT2D eigenvalue weighted by atomic mass is 16.5. The van der Waals surface area contributed by atoms with Crippen LogP contribution >= 0.6 is 0 Å². The molecule has 0 amide bonds. The molecule has 2 heterocycles. The van der Waals surface area contributed by atoms with Gasteiger partial charge in [-0.25, -0.2) is 0 Å². The minimum absolute atomic E-state index is 0.0383. The van der Waals surface area contributed by atoms with Crippen molar-refractivity contribution in [3.05, 3.63) is 0 Å². The van der Waals surface area contributed by atoms with Gasteiger partial charge in [0.15, 0.2) is 0 Å². The number of likely N-dealkylation sites (tertiary alicyclic amines) is 1. The van der Waals surface area contributed by atoms with E-state index in [9.17, 15) is 5.11 Å². The lowest BCUT2D eigenvalue weighted by molar-refractivity contribution is -0.170. The summed E-state index contributed by atoms with van der Waals surface area (Å²) in [7, 11) is 0. The predicted molar refractivity (Wildman–Crippen MR) is 80.8 cm³/mol. The van der Waals surface area contributed by atoms with Crippen LogP contribution < -0.4 is 0 Å². The van der Waals surface area contributed by atoms with Crippen LogP contribution in [0.2, 0.25) is 0 Å². The molecule has 3 fully saturated rings. The molecule has 3 aliphatic rings. The molecule has 1 saturated carbocycles. The summed E-state index contributed by atoms with van der Waals surface area (Å²) in [6, 6.07) is 0. The van der Waals surface area contributed by atoms with Gasteiger partial charge in [0.25, 0.3) is 0 Å². The highest BCUT2D eigenvalue weighted by Crippen LogP contribution is 2.47. The first-order chi connectivity index (χ1) is 9.60. The van der Waals surface area contributed by atoms with Crippen molar-refractivity contribution in [2.45, 2.75) is 82.5 Å². The van der Waals surface area contributed by atoms with Crippen molar-refractivity contribution in [2.24, 2.45) is 5.92 Å². The zero-order chi connectivity index (χ0) is 14.2. The van der Waals surface area contributed by atoms with Crippen molar-refractivity contribution >= 4 is 0 Å². The van der Waals surface area contributed by atoms with E-state index >= 15 is 0 Å². The summed E-state index contributed by atoms with van der Waals surface area (Å²) in [6.07, 6.45) is 9.26. The van der Waals surface area contributed by atoms with Crippen molar-refractivity contribution in [3.63, 3.8) is 0 Å². The summed E-state index contributed by atoms with van der Waals surface area (Å²) < 4.78 is 6.03. The molecule has 0 aromatic rings. The summed E-state index contributed by atoms with van der Waals surface area (Å²) >= 11 is 0. The van der Waals surface area contributed by atoms with Gasteiger partial charge in [-0.2, -0.15) is 0 Å². The third-order valence-electron chi connectivity index (χ3n) is 6.42. The molecular formula is C17H31NO2. The van der Waals surface area contributed by atoms with Crippen LogP contribution in [-0.4, -0.2) is 46.9 Å². The first-order valence-electron chi connectivity index (χ1n) is 8.67. The van der Waals surface area contributed by atoms with Crippen LogP contribution in [0.15, 0.2) is 0 Å². The second kappa shape index (κ2) is 5.58. The molecule has 1 aliphatic carbocycles. The number of ether oxygens (including phenoxy) is 1. The lowest BCUT2D eigenvalue weighted by Gasteiger charge is -2.52. The highest BCUT2D eigenvalue weighted by Gasteiger charge is 2.49. The van der Waals surface area contributed by atoms with E-state index in [1.54, 1.807) is 0 Å². The average molecular weight is 281 g/mol. The van der Waals surface area contributed by atoms with E-state index in [0.717, 1.165) is 39.0 Å². The van der Waals surface area contributed by atoms with Crippen molar-refractivity contribution in [1.82, 2.24) is 4.90 Å².